The van der Waals surface area contributed by atoms with Gasteiger partial charge in [0, 0.05) is 0 Å². The fourth-order valence-corrected chi connectivity index (χ4v) is 1.31. The van der Waals surface area contributed by atoms with E-state index in [9.17, 15) is 0 Å². The van der Waals surface area contributed by atoms with Gasteiger partial charge in [0.25, 0.3) is 0 Å². The van der Waals surface area contributed by atoms with E-state index in [1.54, 1.807) is 0 Å². The molecule has 0 atom stereocenters. The minimum absolute atomic E-state index is 0.987. The van der Waals surface area contributed by atoms with E-state index >= 15 is 0 Å². The summed E-state index contributed by atoms with van der Waals surface area (Å²) in [5.41, 5.74) is 1.36. The van der Waals surface area contributed by atoms with Crippen LogP contribution in [0.4, 0.5) is 4.79 Å². The van der Waals surface area contributed by atoms with Crippen LogP contribution in [0.5, 0.6) is 0 Å². The quantitative estimate of drug-likeness (QED) is 0.659. The fraction of sp³-hybridized carbons (Fsp3) is 0.125. The third kappa shape index (κ3) is 7.48. The minimum Gasteiger partial charge on any atom is -0.450 e. The third-order valence-corrected chi connectivity index (χ3v) is 2.57. The van der Waals surface area contributed by atoms with Crippen molar-refractivity contribution in [2.75, 3.05) is 0 Å². The van der Waals surface area contributed by atoms with Gasteiger partial charge in [0.15, 0.2) is 0 Å². The molecule has 0 amide bonds. The van der Waals surface area contributed by atoms with Crippen LogP contribution in [0.2, 0.25) is 0 Å². The zero-order valence-electron chi connectivity index (χ0n) is 6.69. The Kier molecular flexibility index (Phi) is 5.64. The summed E-state index contributed by atoms with van der Waals surface area (Å²) in [5, 5.41) is 13.9. The van der Waals surface area contributed by atoms with Crippen molar-refractivity contribution in [1.82, 2.24) is 0 Å². The van der Waals surface area contributed by atoms with Gasteiger partial charge in [0.1, 0.15) is 0 Å². The van der Waals surface area contributed by atoms with E-state index in [1.807, 2.05) is 0 Å². The van der Waals surface area contributed by atoms with Gasteiger partial charge in [0.05, 0.1) is 0 Å². The first kappa shape index (κ1) is 11.4. The maximum Gasteiger partial charge on any atom is 0.503 e. The molecule has 4 heteroatoms. The number of rotatable bonds is 0. The van der Waals surface area contributed by atoms with Gasteiger partial charge in [-0.2, -0.15) is 0 Å². The van der Waals surface area contributed by atoms with Gasteiger partial charge in [-0.25, -0.2) is 4.79 Å². The molecule has 0 saturated heterocycles. The minimum atomic E-state index is -1.83. The Bertz CT molecular complexity index is 218. The molecule has 12 heavy (non-hydrogen) atoms. The van der Waals surface area contributed by atoms with Crippen LogP contribution >= 0.6 is 0 Å². The molecule has 0 bridgehead atoms. The van der Waals surface area contributed by atoms with Gasteiger partial charge >= 0.3 is 70.9 Å². The van der Waals surface area contributed by atoms with Gasteiger partial charge in [-0.15, -0.1) is 0 Å². The topological polar surface area (TPSA) is 57.5 Å². The Morgan fingerprint density at radius 3 is 1.83 bits per heavy atom. The first-order valence-electron chi connectivity index (χ1n) is 3.26. The molecule has 2 N–H and O–H groups in total. The summed E-state index contributed by atoms with van der Waals surface area (Å²) in [6.07, 6.45) is -1.83. The van der Waals surface area contributed by atoms with Crippen LogP contribution in [0.15, 0.2) is 24.3 Å². The predicted molar refractivity (Wildman–Crippen MR) is 50.0 cm³/mol. The van der Waals surface area contributed by atoms with E-state index in [2.05, 4.69) is 31.2 Å². The first-order valence-corrected chi connectivity index (χ1v) is 5.51. The smallest absolute Gasteiger partial charge is 0.450 e. The van der Waals surface area contributed by atoms with E-state index in [1.165, 1.54) is 8.83 Å². The van der Waals surface area contributed by atoms with Crippen LogP contribution < -0.4 is 3.27 Å². The molecule has 66 valence electrons. The maximum atomic E-state index is 8.56. The van der Waals surface area contributed by atoms with E-state index in [4.69, 9.17) is 15.0 Å². The van der Waals surface area contributed by atoms with Crippen molar-refractivity contribution in [3.63, 3.8) is 0 Å². The monoisotopic (exact) mass is 364 g/mol. The number of carbonyl (C=O) groups is 1. The normalized spacial score (nSPS) is 8.17. The van der Waals surface area contributed by atoms with E-state index in [0.29, 0.717) is 0 Å². The van der Waals surface area contributed by atoms with Crippen molar-refractivity contribution in [2.45, 2.75) is 6.92 Å². The molecular formula is C8H11BiO3. The Morgan fingerprint density at radius 2 is 1.58 bits per heavy atom. The van der Waals surface area contributed by atoms with Crippen molar-refractivity contribution < 1.29 is 15.0 Å². The molecule has 0 heterocycles. The first-order chi connectivity index (χ1) is 5.52. The van der Waals surface area contributed by atoms with Gasteiger partial charge in [0.2, 0.25) is 0 Å². The second-order valence-corrected chi connectivity index (χ2v) is 4.78. The molecule has 0 aliphatic rings. The van der Waals surface area contributed by atoms with Crippen LogP contribution in [0.3, 0.4) is 0 Å². The largest absolute Gasteiger partial charge is 0.503 e. The number of hydrogen-bond acceptors (Lipinski definition) is 1. The Labute approximate surface area is 85.9 Å². The molecule has 0 aliphatic heterocycles. The summed E-state index contributed by atoms with van der Waals surface area (Å²) in [7, 11) is 0. The Morgan fingerprint density at radius 1 is 1.25 bits per heavy atom. The molecule has 0 aromatic heterocycles. The van der Waals surface area contributed by atoms with Gasteiger partial charge in [-0.05, 0) is 0 Å². The van der Waals surface area contributed by atoms with Gasteiger partial charge in [-0.1, -0.05) is 0 Å². The maximum absolute atomic E-state index is 8.56. The molecule has 0 unspecified atom stereocenters. The van der Waals surface area contributed by atoms with E-state index < -0.39 is 6.16 Å². The van der Waals surface area contributed by atoms with Crippen molar-refractivity contribution in [1.29, 1.82) is 0 Å². The Balaban J connectivity index is 0.000000261. The number of carboxylic acid groups (broad SMARTS) is 2. The Hall–Kier alpha value is -0.627. The summed E-state index contributed by atoms with van der Waals surface area (Å²) < 4.78 is 1.50. The van der Waals surface area contributed by atoms with Crippen molar-refractivity contribution in [3.05, 3.63) is 29.8 Å². The molecular weight excluding hydrogens is 353 g/mol. The molecule has 0 radical (unpaired) electrons. The average Bonchev–Trinajstić information content (AvgIpc) is 1.94. The van der Waals surface area contributed by atoms with Crippen molar-refractivity contribution in [2.24, 2.45) is 0 Å². The summed E-state index contributed by atoms with van der Waals surface area (Å²) in [6.45, 7) is 2.12. The average molecular weight is 364 g/mol. The number of benzene rings is 1. The molecule has 0 spiro atoms. The second kappa shape index (κ2) is 5.95. The summed E-state index contributed by atoms with van der Waals surface area (Å²) in [4.78, 5) is 8.56. The second-order valence-electron chi connectivity index (χ2n) is 2.19. The molecule has 0 fully saturated rings. The van der Waals surface area contributed by atoms with Crippen LogP contribution in [-0.4, -0.2) is 41.1 Å². The van der Waals surface area contributed by atoms with Crippen LogP contribution in [0, 0.1) is 6.92 Å². The molecule has 1 rings (SSSR count). The third-order valence-electron chi connectivity index (χ3n) is 1.08. The van der Waals surface area contributed by atoms with Crippen molar-refractivity contribution >= 4 is 34.1 Å². The fourth-order valence-electron chi connectivity index (χ4n) is 0.566. The predicted octanol–water partition coefficient (Wildman–Crippen LogP) is 0.476. The summed E-state index contributed by atoms with van der Waals surface area (Å²) in [5.74, 6) is 0. The SMILES string of the molecule is Cc1cc[c]([BiH2])cc1.O=C(O)O. The van der Waals surface area contributed by atoms with Gasteiger partial charge in [-0.3, -0.25) is 0 Å². The standard InChI is InChI=1S/C7H7.CH2O3.Bi.2H/c1-7-5-3-2-4-6-7;2-1(3)4;;;/h3-6H,1H3;(H2,2,3,4);;;. The molecule has 1 aromatic carbocycles. The van der Waals surface area contributed by atoms with E-state index in [0.717, 1.165) is 24.7 Å². The zero-order chi connectivity index (χ0) is 9.56. The van der Waals surface area contributed by atoms with E-state index in [-0.39, 0.29) is 0 Å². The molecule has 3 nitrogen and oxygen atoms in total. The molecule has 0 aliphatic carbocycles. The van der Waals surface area contributed by atoms with Crippen molar-refractivity contribution in [3.8, 4) is 0 Å². The summed E-state index contributed by atoms with van der Waals surface area (Å²) >= 11 is 0.987. The molecule has 0 saturated carbocycles. The summed E-state index contributed by atoms with van der Waals surface area (Å²) in [6, 6.07) is 8.71. The van der Waals surface area contributed by atoms with Crippen LogP contribution in [0.25, 0.3) is 0 Å². The molecule has 1 aromatic rings. The van der Waals surface area contributed by atoms with Gasteiger partial charge < -0.3 is 10.2 Å². The van der Waals surface area contributed by atoms with Crippen LogP contribution in [-0.2, 0) is 0 Å². The number of hydrogen-bond donors (Lipinski definition) is 2. The van der Waals surface area contributed by atoms with Crippen LogP contribution in [0.1, 0.15) is 5.56 Å². The number of aryl methyl sites for hydroxylation is 1. The zero-order valence-corrected chi connectivity index (χ0v) is 11.2.